The minimum absolute atomic E-state index is 0.0623. The molecule has 1 aromatic heterocycles. The van der Waals surface area contributed by atoms with Crippen LogP contribution in [0.25, 0.3) is 5.57 Å². The van der Waals surface area contributed by atoms with E-state index in [9.17, 15) is 4.79 Å². The minimum Gasteiger partial charge on any atom is -0.445 e. The lowest BCUT2D eigenvalue weighted by Gasteiger charge is -2.43. The monoisotopic (exact) mass is 371 g/mol. The summed E-state index contributed by atoms with van der Waals surface area (Å²) < 4.78 is 11.2. The van der Waals surface area contributed by atoms with Gasteiger partial charge in [0.2, 0.25) is 5.28 Å². The molecule has 26 heavy (non-hydrogen) atoms. The smallest absolute Gasteiger partial charge is 0.411 e. The molecule has 3 heterocycles. The Bertz CT molecular complexity index is 811. The number of morpholine rings is 1. The molecule has 2 aliphatic heterocycles. The summed E-state index contributed by atoms with van der Waals surface area (Å²) in [4.78, 5) is 22.5. The number of carbonyl (C=O) groups is 1. The number of hydrogen-bond donors (Lipinski definition) is 0. The second-order valence-corrected chi connectivity index (χ2v) is 6.68. The van der Waals surface area contributed by atoms with Crippen LogP contribution in [-0.4, -0.2) is 46.3 Å². The summed E-state index contributed by atoms with van der Waals surface area (Å²) in [5.74, 6) is 0. The highest BCUT2D eigenvalue weighted by Crippen LogP contribution is 2.32. The van der Waals surface area contributed by atoms with E-state index in [-0.39, 0.29) is 30.1 Å². The average Bonchev–Trinajstić information content (AvgIpc) is 2.66. The molecule has 1 aromatic carbocycles. The van der Waals surface area contributed by atoms with Gasteiger partial charge in [-0.05, 0) is 29.2 Å². The summed E-state index contributed by atoms with van der Waals surface area (Å²) in [7, 11) is 0. The van der Waals surface area contributed by atoms with Crippen molar-refractivity contribution >= 4 is 23.3 Å². The van der Waals surface area contributed by atoms with Gasteiger partial charge in [-0.2, -0.15) is 0 Å². The van der Waals surface area contributed by atoms with Crippen molar-refractivity contribution in [1.29, 1.82) is 0 Å². The molecule has 1 saturated heterocycles. The minimum atomic E-state index is -0.310. The van der Waals surface area contributed by atoms with Crippen LogP contribution in [0.1, 0.15) is 17.5 Å². The molecular formula is C19H18ClN3O3. The van der Waals surface area contributed by atoms with E-state index in [1.807, 2.05) is 36.4 Å². The third-order valence-corrected chi connectivity index (χ3v) is 4.80. The van der Waals surface area contributed by atoms with E-state index in [1.165, 1.54) is 0 Å². The van der Waals surface area contributed by atoms with Crippen LogP contribution in [0, 0.1) is 0 Å². The maximum Gasteiger partial charge on any atom is 0.411 e. The number of halogens is 1. The maximum absolute atomic E-state index is 12.6. The third kappa shape index (κ3) is 3.57. The fourth-order valence-electron chi connectivity index (χ4n) is 3.37. The van der Waals surface area contributed by atoms with Gasteiger partial charge in [0.05, 0.1) is 25.3 Å². The van der Waals surface area contributed by atoms with Crippen molar-refractivity contribution in [3.63, 3.8) is 0 Å². The Hall–Kier alpha value is -2.44. The molecule has 2 bridgehead atoms. The van der Waals surface area contributed by atoms with Crippen LogP contribution in [0.5, 0.6) is 0 Å². The van der Waals surface area contributed by atoms with E-state index >= 15 is 0 Å². The standard InChI is InChI=1S/C19H18ClN3O3/c20-18-21-8-15(9-22-18)14-6-16-11-25-12-17(7-14)23(16)19(24)26-10-13-4-2-1-3-5-13/h1-6,8-9,16-17H,7,10-12H2. The number of aromatic nitrogens is 2. The van der Waals surface area contributed by atoms with Crippen LogP contribution in [0.3, 0.4) is 0 Å². The van der Waals surface area contributed by atoms with Gasteiger partial charge in [-0.25, -0.2) is 14.8 Å². The number of nitrogens with zero attached hydrogens (tertiary/aromatic N) is 3. The highest BCUT2D eigenvalue weighted by atomic mass is 35.5. The Kier molecular flexibility index (Phi) is 4.86. The quantitative estimate of drug-likeness (QED) is 0.774. The molecule has 4 rings (SSSR count). The third-order valence-electron chi connectivity index (χ3n) is 4.61. The lowest BCUT2D eigenvalue weighted by Crippen LogP contribution is -2.56. The number of ether oxygens (including phenoxy) is 2. The summed E-state index contributed by atoms with van der Waals surface area (Å²) in [6.07, 6.45) is 5.81. The Morgan fingerprint density at radius 1 is 1.23 bits per heavy atom. The highest BCUT2D eigenvalue weighted by Gasteiger charge is 2.39. The summed E-state index contributed by atoms with van der Waals surface area (Å²) in [5, 5.41) is 0.222. The molecule has 0 N–H and O–H groups in total. The van der Waals surface area contributed by atoms with Gasteiger partial charge in [0.25, 0.3) is 0 Å². The topological polar surface area (TPSA) is 64.5 Å². The van der Waals surface area contributed by atoms with Crippen LogP contribution in [0.4, 0.5) is 4.79 Å². The number of benzene rings is 1. The van der Waals surface area contributed by atoms with Gasteiger partial charge >= 0.3 is 6.09 Å². The maximum atomic E-state index is 12.6. The van der Waals surface area contributed by atoms with Gasteiger partial charge in [0, 0.05) is 18.0 Å². The van der Waals surface area contributed by atoms with E-state index in [2.05, 4.69) is 9.97 Å². The van der Waals surface area contributed by atoms with E-state index < -0.39 is 0 Å². The van der Waals surface area contributed by atoms with Crippen molar-refractivity contribution in [1.82, 2.24) is 14.9 Å². The van der Waals surface area contributed by atoms with Crippen LogP contribution in [-0.2, 0) is 16.1 Å². The molecule has 0 spiro atoms. The summed E-state index contributed by atoms with van der Waals surface area (Å²) in [5.41, 5.74) is 2.99. The van der Waals surface area contributed by atoms with Crippen molar-refractivity contribution in [2.45, 2.75) is 25.1 Å². The van der Waals surface area contributed by atoms with E-state index in [1.54, 1.807) is 17.3 Å². The Balaban J connectivity index is 1.49. The van der Waals surface area contributed by atoms with Gasteiger partial charge in [-0.1, -0.05) is 36.4 Å². The fourth-order valence-corrected chi connectivity index (χ4v) is 3.46. The molecule has 134 valence electrons. The normalized spacial score (nSPS) is 21.9. The molecule has 1 fully saturated rings. The molecule has 0 aliphatic carbocycles. The van der Waals surface area contributed by atoms with Gasteiger partial charge in [0.15, 0.2) is 0 Å². The molecule has 2 aromatic rings. The SMILES string of the molecule is O=C(OCc1ccccc1)N1C2C=C(c3cnc(Cl)nc3)CC1COC2. The first kappa shape index (κ1) is 17.0. The Labute approximate surface area is 156 Å². The van der Waals surface area contributed by atoms with Crippen LogP contribution < -0.4 is 0 Å². The Morgan fingerprint density at radius 3 is 2.73 bits per heavy atom. The molecule has 6 nitrogen and oxygen atoms in total. The van der Waals surface area contributed by atoms with Gasteiger partial charge < -0.3 is 9.47 Å². The predicted octanol–water partition coefficient (Wildman–Crippen LogP) is 3.32. The number of fused-ring (bicyclic) bond motifs is 2. The van der Waals surface area contributed by atoms with E-state index in [0.29, 0.717) is 19.6 Å². The fraction of sp³-hybridized carbons (Fsp3) is 0.316. The second-order valence-electron chi connectivity index (χ2n) is 6.34. The van der Waals surface area contributed by atoms with E-state index in [4.69, 9.17) is 21.1 Å². The van der Waals surface area contributed by atoms with Crippen molar-refractivity contribution in [2.75, 3.05) is 13.2 Å². The number of amides is 1. The van der Waals surface area contributed by atoms with Crippen molar-refractivity contribution < 1.29 is 14.3 Å². The van der Waals surface area contributed by atoms with Crippen LogP contribution in [0.15, 0.2) is 48.8 Å². The molecule has 2 unspecified atom stereocenters. The van der Waals surface area contributed by atoms with Gasteiger partial charge in [0.1, 0.15) is 6.61 Å². The highest BCUT2D eigenvalue weighted by molar-refractivity contribution is 6.28. The summed E-state index contributed by atoms with van der Waals surface area (Å²) in [6, 6.07) is 9.44. The zero-order valence-corrected chi connectivity index (χ0v) is 14.8. The molecule has 1 amide bonds. The lowest BCUT2D eigenvalue weighted by molar-refractivity contribution is -0.0342. The first-order valence-corrected chi connectivity index (χ1v) is 8.84. The first-order chi connectivity index (χ1) is 12.7. The average molecular weight is 372 g/mol. The summed E-state index contributed by atoms with van der Waals surface area (Å²) in [6.45, 7) is 1.20. The zero-order valence-electron chi connectivity index (χ0n) is 14.0. The predicted molar refractivity (Wildman–Crippen MR) is 96.5 cm³/mol. The molecule has 0 radical (unpaired) electrons. The number of carbonyl (C=O) groups excluding carboxylic acids is 1. The Morgan fingerprint density at radius 2 is 2.00 bits per heavy atom. The van der Waals surface area contributed by atoms with Crippen molar-refractivity contribution in [2.24, 2.45) is 0 Å². The molecule has 2 aliphatic rings. The van der Waals surface area contributed by atoms with E-state index in [0.717, 1.165) is 16.7 Å². The molecule has 2 atom stereocenters. The largest absolute Gasteiger partial charge is 0.445 e. The molecular weight excluding hydrogens is 354 g/mol. The van der Waals surface area contributed by atoms with Gasteiger partial charge in [-0.15, -0.1) is 0 Å². The number of hydrogen-bond acceptors (Lipinski definition) is 5. The van der Waals surface area contributed by atoms with Gasteiger partial charge in [-0.3, -0.25) is 4.90 Å². The van der Waals surface area contributed by atoms with Crippen LogP contribution in [0.2, 0.25) is 5.28 Å². The summed E-state index contributed by atoms with van der Waals surface area (Å²) >= 11 is 5.77. The second kappa shape index (κ2) is 7.43. The molecule has 0 saturated carbocycles. The first-order valence-electron chi connectivity index (χ1n) is 8.46. The zero-order chi connectivity index (χ0) is 17.9. The van der Waals surface area contributed by atoms with Crippen molar-refractivity contribution in [3.05, 3.63) is 65.2 Å². The number of rotatable bonds is 3. The molecule has 7 heteroatoms. The lowest BCUT2D eigenvalue weighted by atomic mass is 9.91. The van der Waals surface area contributed by atoms with Crippen molar-refractivity contribution in [3.8, 4) is 0 Å². The van der Waals surface area contributed by atoms with Crippen LogP contribution >= 0.6 is 11.6 Å².